The Morgan fingerprint density at radius 2 is 2.12 bits per heavy atom. The number of rotatable bonds is 3. The minimum Gasteiger partial charge on any atom is -0.394 e. The van der Waals surface area contributed by atoms with Crippen LogP contribution in [-0.4, -0.2) is 23.9 Å². The minimum absolute atomic E-state index is 0.0136. The first-order valence-corrected chi connectivity index (χ1v) is 6.12. The number of nitriles is 1. The Morgan fingerprint density at radius 3 is 2.62 bits per heavy atom. The van der Waals surface area contributed by atoms with Crippen LogP contribution in [-0.2, 0) is 4.74 Å². The van der Waals surface area contributed by atoms with Gasteiger partial charge in [-0.3, -0.25) is 0 Å². The van der Waals surface area contributed by atoms with Crippen molar-refractivity contribution in [3.63, 3.8) is 0 Å². The van der Waals surface area contributed by atoms with Crippen LogP contribution in [0.15, 0.2) is 0 Å². The van der Waals surface area contributed by atoms with E-state index >= 15 is 0 Å². The van der Waals surface area contributed by atoms with Crippen molar-refractivity contribution in [3.8, 4) is 6.07 Å². The first kappa shape index (κ1) is 13.5. The Morgan fingerprint density at radius 1 is 1.44 bits per heavy atom. The zero-order chi connectivity index (χ0) is 12.2. The predicted molar refractivity (Wildman–Crippen MR) is 62.8 cm³/mol. The highest BCUT2D eigenvalue weighted by molar-refractivity contribution is 5.10. The third-order valence-electron chi connectivity index (χ3n) is 3.54. The molecule has 3 nitrogen and oxygen atoms in total. The Kier molecular flexibility index (Phi) is 4.35. The molecule has 1 aliphatic carbocycles. The molecule has 1 N–H and O–H groups in total. The largest absolute Gasteiger partial charge is 0.394 e. The Labute approximate surface area is 98.4 Å². The van der Waals surface area contributed by atoms with Gasteiger partial charge < -0.3 is 9.84 Å². The Bertz CT molecular complexity index is 264. The fourth-order valence-corrected chi connectivity index (χ4v) is 2.84. The molecule has 16 heavy (non-hydrogen) atoms. The van der Waals surface area contributed by atoms with E-state index in [4.69, 9.17) is 9.84 Å². The zero-order valence-electron chi connectivity index (χ0n) is 10.6. The van der Waals surface area contributed by atoms with Crippen molar-refractivity contribution in [1.82, 2.24) is 0 Å². The van der Waals surface area contributed by atoms with E-state index in [2.05, 4.69) is 26.8 Å². The van der Waals surface area contributed by atoms with E-state index in [0.29, 0.717) is 0 Å². The molecule has 1 rings (SSSR count). The summed E-state index contributed by atoms with van der Waals surface area (Å²) in [6.07, 6.45) is 4.06. The molecule has 0 heterocycles. The number of ether oxygens (including phenoxy) is 1. The van der Waals surface area contributed by atoms with Crippen molar-refractivity contribution >= 4 is 0 Å². The molecule has 0 amide bonds. The molecule has 0 bridgehead atoms. The summed E-state index contributed by atoms with van der Waals surface area (Å²) in [7, 11) is 0. The normalized spacial score (nSPS) is 31.1. The van der Waals surface area contributed by atoms with Gasteiger partial charge in [0.25, 0.3) is 0 Å². The molecule has 0 saturated heterocycles. The van der Waals surface area contributed by atoms with Crippen LogP contribution < -0.4 is 0 Å². The quantitative estimate of drug-likeness (QED) is 0.803. The van der Waals surface area contributed by atoms with Gasteiger partial charge in [0.2, 0.25) is 0 Å². The molecule has 1 fully saturated rings. The lowest BCUT2D eigenvalue weighted by molar-refractivity contribution is -0.107. The van der Waals surface area contributed by atoms with Gasteiger partial charge in [0.05, 0.1) is 19.3 Å². The first-order chi connectivity index (χ1) is 7.46. The van der Waals surface area contributed by atoms with Crippen LogP contribution in [0.1, 0.15) is 46.5 Å². The second kappa shape index (κ2) is 5.16. The van der Waals surface area contributed by atoms with Crippen molar-refractivity contribution in [2.24, 2.45) is 11.3 Å². The molecule has 0 aromatic heterocycles. The standard InChI is InChI=1S/C13H23NO2/c1-12(2,3)11-6-4-5-7-13(11,10-14)16-9-8-15/h11,15H,4-9H2,1-3H3. The maximum atomic E-state index is 9.45. The summed E-state index contributed by atoms with van der Waals surface area (Å²) < 4.78 is 5.70. The van der Waals surface area contributed by atoms with Crippen molar-refractivity contribution in [2.75, 3.05) is 13.2 Å². The topological polar surface area (TPSA) is 53.2 Å². The van der Waals surface area contributed by atoms with Crippen LogP contribution >= 0.6 is 0 Å². The summed E-state index contributed by atoms with van der Waals surface area (Å²) in [6, 6.07) is 2.38. The van der Waals surface area contributed by atoms with Gasteiger partial charge in [0.1, 0.15) is 0 Å². The lowest BCUT2D eigenvalue weighted by Gasteiger charge is -2.45. The third-order valence-corrected chi connectivity index (χ3v) is 3.54. The van der Waals surface area contributed by atoms with Crippen molar-refractivity contribution in [2.45, 2.75) is 52.1 Å². The van der Waals surface area contributed by atoms with Crippen LogP contribution in [0.2, 0.25) is 0 Å². The zero-order valence-corrected chi connectivity index (χ0v) is 10.6. The van der Waals surface area contributed by atoms with E-state index in [1.54, 1.807) is 0 Å². The Balaban J connectivity index is 2.89. The molecule has 0 aliphatic heterocycles. The maximum Gasteiger partial charge on any atom is 0.157 e. The molecule has 0 radical (unpaired) electrons. The number of aliphatic hydroxyl groups is 1. The van der Waals surface area contributed by atoms with Gasteiger partial charge in [0.15, 0.2) is 5.60 Å². The minimum atomic E-state index is -0.681. The van der Waals surface area contributed by atoms with Gasteiger partial charge in [-0.2, -0.15) is 5.26 Å². The van der Waals surface area contributed by atoms with Gasteiger partial charge in [-0.25, -0.2) is 0 Å². The number of hydrogen-bond acceptors (Lipinski definition) is 3. The highest BCUT2D eigenvalue weighted by Gasteiger charge is 2.47. The van der Waals surface area contributed by atoms with Crippen LogP contribution in [0.4, 0.5) is 0 Å². The molecule has 0 aromatic carbocycles. The summed E-state index contributed by atoms with van der Waals surface area (Å²) in [5.74, 6) is 0.255. The molecule has 1 aliphatic rings. The Hall–Kier alpha value is -0.590. The highest BCUT2D eigenvalue weighted by atomic mass is 16.5. The van der Waals surface area contributed by atoms with E-state index in [0.717, 1.165) is 19.3 Å². The van der Waals surface area contributed by atoms with Gasteiger partial charge >= 0.3 is 0 Å². The molecular formula is C13H23NO2. The first-order valence-electron chi connectivity index (χ1n) is 6.12. The van der Waals surface area contributed by atoms with Gasteiger partial charge in [-0.1, -0.05) is 27.2 Å². The van der Waals surface area contributed by atoms with E-state index in [-0.39, 0.29) is 24.5 Å². The summed E-state index contributed by atoms with van der Waals surface area (Å²) in [5.41, 5.74) is -0.606. The molecule has 3 heteroatoms. The molecular weight excluding hydrogens is 202 g/mol. The van der Waals surface area contributed by atoms with Crippen LogP contribution in [0.5, 0.6) is 0 Å². The summed E-state index contributed by atoms with van der Waals surface area (Å²) in [6.45, 7) is 6.74. The van der Waals surface area contributed by atoms with Gasteiger partial charge in [-0.15, -0.1) is 0 Å². The predicted octanol–water partition coefficient (Wildman–Crippen LogP) is 2.49. The highest BCUT2D eigenvalue weighted by Crippen LogP contribution is 2.46. The fraction of sp³-hybridized carbons (Fsp3) is 0.923. The lowest BCUT2D eigenvalue weighted by Crippen LogP contribution is -2.48. The van der Waals surface area contributed by atoms with Crippen LogP contribution in [0.25, 0.3) is 0 Å². The smallest absolute Gasteiger partial charge is 0.157 e. The fourth-order valence-electron chi connectivity index (χ4n) is 2.84. The van der Waals surface area contributed by atoms with Gasteiger partial charge in [0, 0.05) is 5.92 Å². The van der Waals surface area contributed by atoms with Crippen molar-refractivity contribution in [3.05, 3.63) is 0 Å². The van der Waals surface area contributed by atoms with E-state index in [1.165, 1.54) is 6.42 Å². The number of nitrogens with zero attached hydrogens (tertiary/aromatic N) is 1. The summed E-state index contributed by atoms with van der Waals surface area (Å²) in [4.78, 5) is 0. The van der Waals surface area contributed by atoms with Crippen LogP contribution in [0.3, 0.4) is 0 Å². The maximum absolute atomic E-state index is 9.45. The van der Waals surface area contributed by atoms with E-state index < -0.39 is 5.60 Å². The number of aliphatic hydroxyl groups excluding tert-OH is 1. The van der Waals surface area contributed by atoms with E-state index in [9.17, 15) is 5.26 Å². The molecule has 0 spiro atoms. The molecule has 0 aromatic rings. The molecule has 92 valence electrons. The molecule has 2 unspecified atom stereocenters. The molecule has 2 atom stereocenters. The average Bonchev–Trinajstić information content (AvgIpc) is 2.25. The second-order valence-electron chi connectivity index (χ2n) is 5.74. The molecule has 1 saturated carbocycles. The monoisotopic (exact) mass is 225 g/mol. The SMILES string of the molecule is CC(C)(C)C1CCCCC1(C#N)OCCO. The summed E-state index contributed by atoms with van der Waals surface area (Å²) in [5, 5.41) is 18.3. The van der Waals surface area contributed by atoms with Gasteiger partial charge in [-0.05, 0) is 24.7 Å². The lowest BCUT2D eigenvalue weighted by atomic mass is 9.64. The van der Waals surface area contributed by atoms with Crippen molar-refractivity contribution in [1.29, 1.82) is 5.26 Å². The second-order valence-corrected chi connectivity index (χ2v) is 5.74. The van der Waals surface area contributed by atoms with E-state index in [1.807, 2.05) is 0 Å². The summed E-state index contributed by atoms with van der Waals surface area (Å²) >= 11 is 0. The van der Waals surface area contributed by atoms with Crippen LogP contribution in [0, 0.1) is 22.7 Å². The number of hydrogen-bond donors (Lipinski definition) is 1. The third kappa shape index (κ3) is 2.75. The van der Waals surface area contributed by atoms with Crippen molar-refractivity contribution < 1.29 is 9.84 Å². The average molecular weight is 225 g/mol.